The Morgan fingerprint density at radius 3 is 1.18 bits per heavy atom. The Morgan fingerprint density at radius 2 is 0.715 bits per heavy atom. The van der Waals surface area contributed by atoms with Crippen molar-refractivity contribution in [3.8, 4) is 84.1 Å². The molecule has 636 valence electrons. The van der Waals surface area contributed by atoms with Crippen LogP contribution in [0.25, 0.3) is 84.1 Å². The van der Waals surface area contributed by atoms with Crippen LogP contribution in [0.4, 0.5) is 11.4 Å². The van der Waals surface area contributed by atoms with Gasteiger partial charge >= 0.3 is 316 Å². The molecule has 5 N–H and O–H groups in total. The second-order valence-corrected chi connectivity index (χ2v) is 34.8. The fraction of sp³-hybridized carbons (Fsp3) is 0.0648. The van der Waals surface area contributed by atoms with Crippen LogP contribution in [0.3, 0.4) is 0 Å². The number of para-hydroxylation sites is 2. The van der Waals surface area contributed by atoms with Crippen molar-refractivity contribution in [3.05, 3.63) is 477 Å². The molecule has 19 nitrogen and oxygen atoms in total. The molecule has 0 spiro atoms. The number of pyridine rings is 5. The molecule has 130 heavy (non-hydrogen) atoms. The van der Waals surface area contributed by atoms with E-state index in [1.165, 1.54) is 0 Å². The van der Waals surface area contributed by atoms with Crippen LogP contribution in [0.2, 0.25) is 0 Å². The number of rotatable bonds is 23. The van der Waals surface area contributed by atoms with Crippen molar-refractivity contribution in [1.82, 2.24) is 44.9 Å². The Labute approximate surface area is 768 Å². The second-order valence-electron chi connectivity index (χ2n) is 29.6. The quantitative estimate of drug-likeness (QED) is 0.0373. The largest absolute Gasteiger partial charge is 0.436 e. The summed E-state index contributed by atoms with van der Waals surface area (Å²) in [5, 5.41) is 39.4. The van der Waals surface area contributed by atoms with Crippen molar-refractivity contribution in [2.45, 2.75) is 43.6 Å². The summed E-state index contributed by atoms with van der Waals surface area (Å²) in [7, 11) is 0. The summed E-state index contributed by atoms with van der Waals surface area (Å²) < 4.78 is 10.1. The second kappa shape index (κ2) is 44.8. The zero-order chi connectivity index (χ0) is 88.8. The Bertz CT molecular complexity index is 6430. The fourth-order valence-electron chi connectivity index (χ4n) is 14.1. The molecule has 0 radical (unpaired) electrons. The first-order valence-electron chi connectivity index (χ1n) is 41.9. The van der Waals surface area contributed by atoms with Crippen LogP contribution >= 0.6 is 11.3 Å². The zero-order valence-corrected chi connectivity index (χ0v) is 74.3. The molecule has 20 rings (SSSR count). The van der Waals surface area contributed by atoms with Gasteiger partial charge in [0.2, 0.25) is 5.89 Å². The molecule has 1 aliphatic rings. The maximum Gasteiger partial charge on any atom is 0.228 e. The summed E-state index contributed by atoms with van der Waals surface area (Å²) in [4.78, 5) is 75.7. The molecule has 9 aromatic heterocycles. The predicted octanol–water partition coefficient (Wildman–Crippen LogP) is 21.4. The van der Waals surface area contributed by atoms with Crippen LogP contribution in [0.15, 0.2) is 440 Å². The van der Waals surface area contributed by atoms with Crippen LogP contribution in [0, 0.1) is 0 Å². The molecule has 4 unspecified atom stereocenters. The first-order valence-corrected chi connectivity index (χ1v) is 46.2. The van der Waals surface area contributed by atoms with E-state index in [0.29, 0.717) is 53.8 Å². The Hall–Kier alpha value is -15.2. The van der Waals surface area contributed by atoms with Gasteiger partial charge < -0.3 is 19.9 Å². The summed E-state index contributed by atoms with van der Waals surface area (Å²) in [6.45, 7) is 0. The number of aromatic nitrogens is 9. The van der Waals surface area contributed by atoms with Crippen molar-refractivity contribution in [3.63, 3.8) is 0 Å². The van der Waals surface area contributed by atoms with Gasteiger partial charge in [-0.1, -0.05) is 170 Å². The monoisotopic (exact) mass is 1850 g/mol. The topological polar surface area (TPSA) is 273 Å². The van der Waals surface area contributed by atoms with Gasteiger partial charge in [-0.15, -0.1) is 11.3 Å². The summed E-state index contributed by atoms with van der Waals surface area (Å²) in [6, 6.07) is 117. The van der Waals surface area contributed by atoms with Crippen LogP contribution in [0.5, 0.6) is 0 Å². The number of aliphatic hydroxyl groups excluding tert-OH is 3. The average Bonchev–Trinajstić information content (AvgIpc) is 0.890. The third-order valence-corrected chi connectivity index (χ3v) is 26.4. The molecular weight excluding hydrogens is 1770 g/mol. The molecule has 1 aliphatic heterocycles. The van der Waals surface area contributed by atoms with Crippen LogP contribution < -0.4 is 10.6 Å². The Kier molecular flexibility index (Phi) is 30.4. The summed E-state index contributed by atoms with van der Waals surface area (Å²) in [5.41, 5.74) is 17.5. The van der Waals surface area contributed by atoms with E-state index in [1.807, 2.05) is 346 Å². The molecule has 0 saturated heterocycles. The molecule has 0 saturated carbocycles. The van der Waals surface area contributed by atoms with Crippen LogP contribution in [-0.2, 0) is 24.1 Å². The summed E-state index contributed by atoms with van der Waals surface area (Å²) in [5.74, 6) is 1.17. The normalized spacial score (nSPS) is 12.5. The minimum Gasteiger partial charge on any atom is -0.436 e. The molecule has 22 heteroatoms. The van der Waals surface area contributed by atoms with Gasteiger partial charge in [0.05, 0.1) is 21.8 Å². The van der Waals surface area contributed by atoms with E-state index in [-0.39, 0.29) is 40.8 Å². The van der Waals surface area contributed by atoms with Crippen LogP contribution in [0.1, 0.15) is 73.7 Å². The Balaban J connectivity index is 0.000000119. The van der Waals surface area contributed by atoms with E-state index >= 15 is 0 Å². The minimum atomic E-state index is -0.762. The number of oxazole rings is 1. The van der Waals surface area contributed by atoms with Crippen molar-refractivity contribution in [2.24, 2.45) is 9.98 Å². The van der Waals surface area contributed by atoms with E-state index in [4.69, 9.17) is 14.4 Å². The fourth-order valence-corrected chi connectivity index (χ4v) is 19.7. The third kappa shape index (κ3) is 23.5. The van der Waals surface area contributed by atoms with Gasteiger partial charge in [0.15, 0.2) is 17.6 Å². The number of aliphatic hydroxyl groups is 3. The van der Waals surface area contributed by atoms with Gasteiger partial charge in [-0.25, -0.2) is 20.0 Å². The van der Waals surface area contributed by atoms with E-state index in [2.05, 4.69) is 79.8 Å². The predicted molar refractivity (Wildman–Crippen MR) is 518 cm³/mol. The number of benzene rings is 10. The molecule has 0 fully saturated rings. The van der Waals surface area contributed by atoms with Crippen molar-refractivity contribution in [1.29, 1.82) is 0 Å². The number of thiazole rings is 1. The van der Waals surface area contributed by atoms with E-state index in [1.54, 1.807) is 67.1 Å². The number of aliphatic imine (C=N–C) groups is 2. The molecule has 10 aromatic carbocycles. The van der Waals surface area contributed by atoms with E-state index in [0.717, 1.165) is 123 Å². The summed E-state index contributed by atoms with van der Waals surface area (Å²) in [6.07, 6.45) is 17.0. The number of amides is 2. The zero-order valence-electron chi connectivity index (χ0n) is 70.1. The maximum absolute atomic E-state index is 12.9. The molecule has 0 bridgehead atoms. The van der Waals surface area contributed by atoms with Gasteiger partial charge in [0, 0.05) is 72.4 Å². The molecule has 2 amide bonds. The molecular formula is C108H85N13O6SSe2. The average molecular weight is 1850 g/mol. The van der Waals surface area contributed by atoms with Gasteiger partial charge in [0.25, 0.3) is 5.91 Å². The molecule has 4 atom stereocenters. The Morgan fingerprint density at radius 1 is 0.346 bits per heavy atom. The number of carbonyl (C=O) groups excluding carboxylic acids is 2. The van der Waals surface area contributed by atoms with Gasteiger partial charge in [0.1, 0.15) is 22.9 Å². The smallest absolute Gasteiger partial charge is 0.228 e. The minimum absolute atomic E-state index is 0.0391. The number of anilines is 2. The maximum atomic E-state index is 12.9. The number of nitrogens with zero attached hydrogens (tertiary/aromatic N) is 11. The van der Waals surface area contributed by atoms with Crippen LogP contribution in [-0.4, -0.2) is 119 Å². The van der Waals surface area contributed by atoms with E-state index in [9.17, 15) is 24.9 Å². The van der Waals surface area contributed by atoms with E-state index < -0.39 is 24.4 Å². The van der Waals surface area contributed by atoms with Crippen molar-refractivity contribution < 1.29 is 29.3 Å². The van der Waals surface area contributed by atoms with Gasteiger partial charge in [-0.2, -0.15) is 0 Å². The third-order valence-electron chi connectivity index (χ3n) is 20.4. The summed E-state index contributed by atoms with van der Waals surface area (Å²) >= 11 is 1.57. The number of hydrogen-bond acceptors (Lipinski definition) is 18. The number of nitrogens with one attached hydrogen (secondary N) is 2. The standard InChI is InChI=1S/C22H18N2O2.C22H18N2OS.C22H18N2OSe.C21H16N4O.C21H15N3OSe/c3*25-19(14-16-8-3-1-4-9-16)20-21(17-10-5-2-6-11-17)26-22(24-20)18-12-7-13-23-15-18;26-21(23-17-11-5-2-6-12-17)19-18(15-8-3-1-4-9-15)24-20(25-19)16-10-7-13-22-14-16;25-20(23-17-11-5-2-6-12-17)18-19(15-8-3-1-4-9-15)26-21(24-18)16-10-7-13-22-14-16/h3*1-13,15,19,25H,14H2;1-14,19H,(H,23,26);1-14H,(H,23,25). The SMILES string of the molecule is O=C(Nc1ccccc1)C1N=C(c2cccnc2)N=C1c1ccccc1.O=C(Nc1ccccc1)c1nc(-c2cccnc2)[se]c1-c1ccccc1.OC(Cc1ccccc1)c1nc(-c2cccnc2)[se]c1-c1ccccc1.OC(Cc1ccccc1)c1nc(-c2cccnc2)oc1-c1ccccc1.OC(Cc1ccccc1)c1nc(-c2cccnc2)sc1-c1ccccc1. The van der Waals surface area contributed by atoms with Crippen molar-refractivity contribution >= 4 is 75.1 Å². The molecule has 10 heterocycles. The van der Waals surface area contributed by atoms with Crippen molar-refractivity contribution in [2.75, 3.05) is 10.6 Å². The first-order chi connectivity index (χ1) is 64.0. The number of carbonyl (C=O) groups is 2. The molecule has 19 aromatic rings. The first kappa shape index (κ1) is 88.3. The number of amidine groups is 1. The number of hydrogen-bond donors (Lipinski definition) is 5. The molecule has 0 aliphatic carbocycles. The van der Waals surface area contributed by atoms with Gasteiger partial charge in [-0.3, -0.25) is 19.7 Å². The van der Waals surface area contributed by atoms with Gasteiger partial charge in [-0.05, 0) is 70.8 Å².